The van der Waals surface area contributed by atoms with Gasteiger partial charge in [0.25, 0.3) is 0 Å². The summed E-state index contributed by atoms with van der Waals surface area (Å²) in [6, 6.07) is 7.69. The van der Waals surface area contributed by atoms with E-state index in [0.717, 1.165) is 17.0 Å². The fraction of sp³-hybridized carbons (Fsp3) is 0. The highest BCUT2D eigenvalue weighted by Gasteiger charge is 1.99. The third kappa shape index (κ3) is 1.51. The topological polar surface area (TPSA) is 26.0 Å². The second kappa shape index (κ2) is 3.27. The lowest BCUT2D eigenvalue weighted by Crippen LogP contribution is -1.83. The zero-order valence-corrected chi connectivity index (χ0v) is 7.10. The van der Waals surface area contributed by atoms with E-state index in [-0.39, 0.29) is 0 Å². The highest BCUT2D eigenvalue weighted by molar-refractivity contribution is 5.59. The number of hydrogen-bond donors (Lipinski definition) is 0. The molecule has 2 heteroatoms. The third-order valence-corrected chi connectivity index (χ3v) is 1.80. The average molecular weight is 171 g/mol. The van der Waals surface area contributed by atoms with Gasteiger partial charge in [0.1, 0.15) is 0 Å². The van der Waals surface area contributed by atoms with Gasteiger partial charge in [-0.3, -0.25) is 0 Å². The van der Waals surface area contributed by atoms with Crippen molar-refractivity contribution in [1.29, 1.82) is 0 Å². The van der Waals surface area contributed by atoms with Crippen molar-refractivity contribution < 1.29 is 4.42 Å². The predicted octanol–water partition coefficient (Wildman–Crippen LogP) is 2.98. The van der Waals surface area contributed by atoms with E-state index in [2.05, 4.69) is 11.6 Å². The maximum Gasteiger partial charge on any atom is 0.0996 e. The van der Waals surface area contributed by atoms with Crippen LogP contribution in [0.5, 0.6) is 0 Å². The molecular weight excluding hydrogens is 162 g/mol. The highest BCUT2D eigenvalue weighted by Crippen LogP contribution is 2.17. The Morgan fingerprint density at radius 3 is 2.92 bits per heavy atom. The van der Waals surface area contributed by atoms with E-state index in [9.17, 15) is 0 Å². The Morgan fingerprint density at radius 2 is 2.23 bits per heavy atom. The van der Waals surface area contributed by atoms with Crippen LogP contribution in [0.1, 0.15) is 5.69 Å². The Hall–Kier alpha value is -1.83. The van der Waals surface area contributed by atoms with Crippen molar-refractivity contribution in [2.24, 2.45) is 0 Å². The Labute approximate surface area is 76.5 Å². The minimum atomic E-state index is 0.874. The molecule has 2 aromatic rings. The van der Waals surface area contributed by atoms with Crippen molar-refractivity contribution in [3.8, 4) is 11.3 Å². The van der Waals surface area contributed by atoms with Crippen molar-refractivity contribution in [3.05, 3.63) is 49.1 Å². The number of pyridine rings is 1. The summed E-state index contributed by atoms with van der Waals surface area (Å²) in [5.74, 6) is 0. The Kier molecular flexibility index (Phi) is 1.96. The fourth-order valence-corrected chi connectivity index (χ4v) is 1.14. The molecule has 0 amide bonds. The van der Waals surface area contributed by atoms with E-state index in [4.69, 9.17) is 4.42 Å². The van der Waals surface area contributed by atoms with Gasteiger partial charge in [0.2, 0.25) is 0 Å². The van der Waals surface area contributed by atoms with Crippen LogP contribution in [-0.2, 0) is 0 Å². The van der Waals surface area contributed by atoms with Gasteiger partial charge in [-0.05, 0) is 24.3 Å². The Morgan fingerprint density at radius 1 is 1.31 bits per heavy atom. The highest BCUT2D eigenvalue weighted by atomic mass is 16.3. The summed E-state index contributed by atoms with van der Waals surface area (Å²) in [5, 5.41) is 0. The number of rotatable bonds is 2. The molecule has 0 atom stereocenters. The quantitative estimate of drug-likeness (QED) is 0.694. The first-order valence-electron chi connectivity index (χ1n) is 4.02. The SMILES string of the molecule is C=Cc1cccc(-c2ccoc2)n1. The van der Waals surface area contributed by atoms with Crippen LogP contribution in [0.15, 0.2) is 47.8 Å². The summed E-state index contributed by atoms with van der Waals surface area (Å²) in [4.78, 5) is 4.36. The average Bonchev–Trinajstić information content (AvgIpc) is 2.71. The first-order chi connectivity index (χ1) is 6.40. The normalized spacial score (nSPS) is 9.85. The second-order valence-corrected chi connectivity index (χ2v) is 2.66. The number of hydrogen-bond acceptors (Lipinski definition) is 2. The van der Waals surface area contributed by atoms with Crippen molar-refractivity contribution in [2.75, 3.05) is 0 Å². The molecule has 0 aromatic carbocycles. The molecule has 2 nitrogen and oxygen atoms in total. The molecule has 2 heterocycles. The van der Waals surface area contributed by atoms with Crippen LogP contribution in [0, 0.1) is 0 Å². The molecule has 0 saturated carbocycles. The van der Waals surface area contributed by atoms with Gasteiger partial charge < -0.3 is 4.42 Å². The third-order valence-electron chi connectivity index (χ3n) is 1.80. The van der Waals surface area contributed by atoms with Gasteiger partial charge in [0.15, 0.2) is 0 Å². The van der Waals surface area contributed by atoms with E-state index in [1.54, 1.807) is 18.6 Å². The second-order valence-electron chi connectivity index (χ2n) is 2.66. The lowest BCUT2D eigenvalue weighted by molar-refractivity contribution is 0.568. The summed E-state index contributed by atoms with van der Waals surface area (Å²) in [6.45, 7) is 3.67. The predicted molar refractivity (Wildman–Crippen MR) is 52.0 cm³/mol. The summed E-state index contributed by atoms with van der Waals surface area (Å²) in [5.41, 5.74) is 2.77. The first kappa shape index (κ1) is 7.80. The maximum absolute atomic E-state index is 4.98. The summed E-state index contributed by atoms with van der Waals surface area (Å²) < 4.78 is 4.98. The van der Waals surface area contributed by atoms with Crippen LogP contribution in [0.25, 0.3) is 17.3 Å². The van der Waals surface area contributed by atoms with E-state index in [1.165, 1.54) is 0 Å². The molecule has 0 spiro atoms. The molecule has 0 aliphatic heterocycles. The first-order valence-corrected chi connectivity index (χ1v) is 4.02. The van der Waals surface area contributed by atoms with Crippen LogP contribution in [0.3, 0.4) is 0 Å². The molecule has 0 fully saturated rings. The van der Waals surface area contributed by atoms with Gasteiger partial charge in [0.05, 0.1) is 23.9 Å². The number of furan rings is 1. The fourth-order valence-electron chi connectivity index (χ4n) is 1.14. The molecule has 0 aliphatic carbocycles. The molecule has 64 valence electrons. The minimum absolute atomic E-state index is 0.874. The summed E-state index contributed by atoms with van der Waals surface area (Å²) >= 11 is 0. The van der Waals surface area contributed by atoms with Gasteiger partial charge in [-0.25, -0.2) is 4.98 Å². The molecule has 0 bridgehead atoms. The van der Waals surface area contributed by atoms with E-state index in [1.807, 2.05) is 24.3 Å². The monoisotopic (exact) mass is 171 g/mol. The van der Waals surface area contributed by atoms with Crippen molar-refractivity contribution in [1.82, 2.24) is 4.98 Å². The molecule has 0 aliphatic rings. The molecule has 13 heavy (non-hydrogen) atoms. The van der Waals surface area contributed by atoms with Crippen LogP contribution in [0.4, 0.5) is 0 Å². The molecule has 0 radical (unpaired) electrons. The van der Waals surface area contributed by atoms with Gasteiger partial charge in [-0.1, -0.05) is 12.6 Å². The van der Waals surface area contributed by atoms with Crippen LogP contribution in [0.2, 0.25) is 0 Å². The van der Waals surface area contributed by atoms with Crippen LogP contribution < -0.4 is 0 Å². The van der Waals surface area contributed by atoms with Crippen molar-refractivity contribution in [3.63, 3.8) is 0 Å². The summed E-state index contributed by atoms with van der Waals surface area (Å²) in [7, 11) is 0. The number of nitrogens with zero attached hydrogens (tertiary/aromatic N) is 1. The zero-order valence-electron chi connectivity index (χ0n) is 7.10. The minimum Gasteiger partial charge on any atom is -0.472 e. The molecule has 2 aromatic heterocycles. The number of aromatic nitrogens is 1. The van der Waals surface area contributed by atoms with E-state index >= 15 is 0 Å². The van der Waals surface area contributed by atoms with Gasteiger partial charge in [-0.2, -0.15) is 0 Å². The van der Waals surface area contributed by atoms with E-state index < -0.39 is 0 Å². The molecule has 2 rings (SSSR count). The van der Waals surface area contributed by atoms with Crippen molar-refractivity contribution >= 4 is 6.08 Å². The molecule has 0 saturated heterocycles. The standard InChI is InChI=1S/C11H9NO/c1-2-10-4-3-5-11(12-10)9-6-7-13-8-9/h2-8H,1H2. The Balaban J connectivity index is 2.47. The largest absolute Gasteiger partial charge is 0.472 e. The van der Waals surface area contributed by atoms with Crippen LogP contribution >= 0.6 is 0 Å². The molecular formula is C11H9NO. The smallest absolute Gasteiger partial charge is 0.0996 e. The maximum atomic E-state index is 4.98. The molecule has 0 unspecified atom stereocenters. The van der Waals surface area contributed by atoms with Gasteiger partial charge in [-0.15, -0.1) is 0 Å². The molecule has 0 N–H and O–H groups in total. The Bertz CT molecular complexity index is 404. The van der Waals surface area contributed by atoms with Crippen LogP contribution in [-0.4, -0.2) is 4.98 Å². The van der Waals surface area contributed by atoms with Gasteiger partial charge in [0, 0.05) is 5.56 Å². The summed E-state index contributed by atoms with van der Waals surface area (Å²) in [6.07, 6.45) is 5.04. The van der Waals surface area contributed by atoms with Crippen molar-refractivity contribution in [2.45, 2.75) is 0 Å². The zero-order chi connectivity index (χ0) is 9.10. The van der Waals surface area contributed by atoms with Gasteiger partial charge >= 0.3 is 0 Å². The lowest BCUT2D eigenvalue weighted by atomic mass is 10.2. The lowest BCUT2D eigenvalue weighted by Gasteiger charge is -1.96. The van der Waals surface area contributed by atoms with E-state index in [0.29, 0.717) is 0 Å².